The summed E-state index contributed by atoms with van der Waals surface area (Å²) in [5.74, 6) is 0. The van der Waals surface area contributed by atoms with Crippen LogP contribution in [0, 0.1) is 0 Å². The zero-order chi connectivity index (χ0) is 9.68. The Labute approximate surface area is 91.9 Å². The number of halogens is 1. The van der Waals surface area contributed by atoms with Gasteiger partial charge in [0, 0.05) is 11.4 Å². The quantitative estimate of drug-likeness (QED) is 0.871. The number of anilines is 1. The van der Waals surface area contributed by atoms with Crippen LogP contribution in [0.15, 0.2) is 9.98 Å². The van der Waals surface area contributed by atoms with Crippen LogP contribution in [-0.4, -0.2) is 11.0 Å². The van der Waals surface area contributed by atoms with E-state index < -0.39 is 0 Å². The van der Waals surface area contributed by atoms with Crippen molar-refractivity contribution in [3.05, 3.63) is 9.98 Å². The normalized spacial score (nSPS) is 12.8. The Hall–Kier alpha value is -0.0900. The second-order valence-electron chi connectivity index (χ2n) is 3.16. The number of thiazole rings is 1. The summed E-state index contributed by atoms with van der Waals surface area (Å²) in [6.07, 6.45) is 3.75. The first kappa shape index (κ1) is 11.0. The molecule has 0 aliphatic rings. The van der Waals surface area contributed by atoms with Crippen molar-refractivity contribution in [3.8, 4) is 0 Å². The van der Waals surface area contributed by atoms with Crippen LogP contribution in [-0.2, 0) is 0 Å². The molecule has 13 heavy (non-hydrogen) atoms. The first-order valence-corrected chi connectivity index (χ1v) is 6.27. The van der Waals surface area contributed by atoms with Gasteiger partial charge in [0.2, 0.25) is 0 Å². The molecule has 0 saturated heterocycles. The maximum Gasteiger partial charge on any atom is 0.183 e. The fourth-order valence-electron chi connectivity index (χ4n) is 1.11. The predicted octanol–water partition coefficient (Wildman–Crippen LogP) is 3.90. The van der Waals surface area contributed by atoms with Crippen molar-refractivity contribution in [3.63, 3.8) is 0 Å². The van der Waals surface area contributed by atoms with Crippen molar-refractivity contribution >= 4 is 32.4 Å². The standard InChI is InChI=1S/C9H15BrN2S/c1-3-4-5-7(2)11-9-12-8(10)6-13-9/h6-7H,3-5H2,1-2H3,(H,11,12). The first-order chi connectivity index (χ1) is 6.22. The van der Waals surface area contributed by atoms with E-state index in [1.807, 2.05) is 5.38 Å². The second-order valence-corrected chi connectivity index (χ2v) is 4.83. The van der Waals surface area contributed by atoms with Gasteiger partial charge in [0.05, 0.1) is 0 Å². The van der Waals surface area contributed by atoms with Gasteiger partial charge in [-0.25, -0.2) is 4.98 Å². The van der Waals surface area contributed by atoms with Gasteiger partial charge in [0.15, 0.2) is 5.13 Å². The lowest BCUT2D eigenvalue weighted by Crippen LogP contribution is -2.14. The molecule has 0 aliphatic carbocycles. The van der Waals surface area contributed by atoms with Gasteiger partial charge in [-0.1, -0.05) is 19.8 Å². The van der Waals surface area contributed by atoms with E-state index in [0.717, 1.165) is 9.73 Å². The number of hydrogen-bond acceptors (Lipinski definition) is 3. The maximum atomic E-state index is 4.28. The molecule has 0 amide bonds. The zero-order valence-electron chi connectivity index (χ0n) is 8.01. The summed E-state index contributed by atoms with van der Waals surface area (Å²) in [5, 5.41) is 6.38. The van der Waals surface area contributed by atoms with E-state index in [0.29, 0.717) is 6.04 Å². The molecule has 1 atom stereocenters. The molecule has 1 aromatic rings. The fraction of sp³-hybridized carbons (Fsp3) is 0.667. The highest BCUT2D eigenvalue weighted by Crippen LogP contribution is 2.20. The summed E-state index contributed by atoms with van der Waals surface area (Å²) >= 11 is 4.98. The summed E-state index contributed by atoms with van der Waals surface area (Å²) in [6, 6.07) is 0.526. The van der Waals surface area contributed by atoms with E-state index in [-0.39, 0.29) is 0 Å². The summed E-state index contributed by atoms with van der Waals surface area (Å²) in [7, 11) is 0. The van der Waals surface area contributed by atoms with Gasteiger partial charge in [0.25, 0.3) is 0 Å². The van der Waals surface area contributed by atoms with Crippen LogP contribution in [0.2, 0.25) is 0 Å². The molecule has 0 spiro atoms. The minimum Gasteiger partial charge on any atom is -0.359 e. The molecule has 0 radical (unpaired) electrons. The van der Waals surface area contributed by atoms with Crippen molar-refractivity contribution in [1.29, 1.82) is 0 Å². The van der Waals surface area contributed by atoms with Gasteiger partial charge in [-0.3, -0.25) is 0 Å². The van der Waals surface area contributed by atoms with E-state index in [9.17, 15) is 0 Å². The van der Waals surface area contributed by atoms with Crippen molar-refractivity contribution in [2.45, 2.75) is 39.2 Å². The topological polar surface area (TPSA) is 24.9 Å². The average Bonchev–Trinajstić information content (AvgIpc) is 2.48. The van der Waals surface area contributed by atoms with Crippen molar-refractivity contribution < 1.29 is 0 Å². The summed E-state index contributed by atoms with van der Waals surface area (Å²) < 4.78 is 0.919. The fourth-order valence-corrected chi connectivity index (χ4v) is 2.37. The van der Waals surface area contributed by atoms with Gasteiger partial charge < -0.3 is 5.32 Å². The van der Waals surface area contributed by atoms with Crippen molar-refractivity contribution in [1.82, 2.24) is 4.98 Å². The Morgan fingerprint density at radius 3 is 3.00 bits per heavy atom. The van der Waals surface area contributed by atoms with Crippen molar-refractivity contribution in [2.75, 3.05) is 5.32 Å². The highest BCUT2D eigenvalue weighted by atomic mass is 79.9. The lowest BCUT2D eigenvalue weighted by molar-refractivity contribution is 0.644. The van der Waals surface area contributed by atoms with E-state index in [4.69, 9.17) is 0 Å². The Balaban J connectivity index is 2.31. The lowest BCUT2D eigenvalue weighted by atomic mass is 10.1. The second kappa shape index (κ2) is 5.60. The van der Waals surface area contributed by atoms with Crippen LogP contribution in [0.4, 0.5) is 5.13 Å². The Bertz CT molecular complexity index is 250. The smallest absolute Gasteiger partial charge is 0.183 e. The molecule has 1 rings (SSSR count). The van der Waals surface area contributed by atoms with E-state index in [2.05, 4.69) is 40.1 Å². The summed E-state index contributed by atoms with van der Waals surface area (Å²) in [5.41, 5.74) is 0. The third-order valence-corrected chi connectivity index (χ3v) is 3.32. The third kappa shape index (κ3) is 4.09. The van der Waals surface area contributed by atoms with Gasteiger partial charge in [0.1, 0.15) is 4.60 Å². The molecule has 0 bridgehead atoms. The molecule has 0 saturated carbocycles. The molecule has 1 N–H and O–H groups in total. The third-order valence-electron chi connectivity index (χ3n) is 1.84. The number of nitrogens with one attached hydrogen (secondary N) is 1. The van der Waals surface area contributed by atoms with Gasteiger partial charge in [-0.15, -0.1) is 11.3 Å². The maximum absolute atomic E-state index is 4.28. The van der Waals surface area contributed by atoms with E-state index in [1.54, 1.807) is 11.3 Å². The largest absolute Gasteiger partial charge is 0.359 e. The van der Waals surface area contributed by atoms with E-state index >= 15 is 0 Å². The molecule has 1 unspecified atom stereocenters. The number of hydrogen-bond donors (Lipinski definition) is 1. The predicted molar refractivity (Wildman–Crippen MR) is 62.4 cm³/mol. The lowest BCUT2D eigenvalue weighted by Gasteiger charge is -2.11. The molecule has 4 heteroatoms. The highest BCUT2D eigenvalue weighted by molar-refractivity contribution is 9.10. The molecule has 1 aromatic heterocycles. The number of aromatic nitrogens is 1. The molecular weight excluding hydrogens is 248 g/mol. The minimum absolute atomic E-state index is 0.526. The molecule has 2 nitrogen and oxygen atoms in total. The average molecular weight is 263 g/mol. The van der Waals surface area contributed by atoms with Crippen molar-refractivity contribution in [2.24, 2.45) is 0 Å². The Morgan fingerprint density at radius 2 is 2.46 bits per heavy atom. The highest BCUT2D eigenvalue weighted by Gasteiger charge is 2.03. The summed E-state index contributed by atoms with van der Waals surface area (Å²) in [6.45, 7) is 4.41. The molecule has 0 fully saturated rings. The molecule has 0 aromatic carbocycles. The van der Waals surface area contributed by atoms with Gasteiger partial charge in [-0.2, -0.15) is 0 Å². The van der Waals surface area contributed by atoms with Crippen LogP contribution < -0.4 is 5.32 Å². The number of rotatable bonds is 5. The van der Waals surface area contributed by atoms with Crippen LogP contribution in [0.25, 0.3) is 0 Å². The van der Waals surface area contributed by atoms with Crippen LogP contribution in [0.1, 0.15) is 33.1 Å². The Kier molecular flexibility index (Phi) is 4.73. The molecular formula is C9H15BrN2S. The molecule has 0 aliphatic heterocycles. The number of unbranched alkanes of at least 4 members (excludes halogenated alkanes) is 1. The summed E-state index contributed by atoms with van der Waals surface area (Å²) in [4.78, 5) is 4.28. The number of nitrogens with zero attached hydrogens (tertiary/aromatic N) is 1. The zero-order valence-corrected chi connectivity index (χ0v) is 10.4. The first-order valence-electron chi connectivity index (χ1n) is 4.60. The van der Waals surface area contributed by atoms with Crippen LogP contribution in [0.3, 0.4) is 0 Å². The van der Waals surface area contributed by atoms with Crippen LogP contribution >= 0.6 is 27.3 Å². The van der Waals surface area contributed by atoms with E-state index in [1.165, 1.54) is 19.3 Å². The SMILES string of the molecule is CCCCC(C)Nc1nc(Br)cs1. The van der Waals surface area contributed by atoms with Crippen LogP contribution in [0.5, 0.6) is 0 Å². The minimum atomic E-state index is 0.526. The monoisotopic (exact) mass is 262 g/mol. The molecule has 1 heterocycles. The van der Waals surface area contributed by atoms with Gasteiger partial charge in [-0.05, 0) is 29.3 Å². The van der Waals surface area contributed by atoms with Gasteiger partial charge >= 0.3 is 0 Å². The molecule has 74 valence electrons. The Morgan fingerprint density at radius 1 is 1.69 bits per heavy atom.